The number of aliphatic carboxylic acids is 3. The molecule has 0 aliphatic rings. The Morgan fingerprint density at radius 2 is 1.77 bits per heavy atom. The van der Waals surface area contributed by atoms with E-state index >= 15 is 4.39 Å². The third-order valence-electron chi connectivity index (χ3n) is 7.68. The summed E-state index contributed by atoms with van der Waals surface area (Å²) in [6, 6.07) is 3.60. The molecule has 1 aromatic heterocycles. The normalized spacial score (nSPS) is 12.9. The SMILES string of the molecule is C#CCN(Cc1cc2c(=O)[nH]c(C)nc2cc1C)c1ccc(C(=O)N(C)[C@@H](CC(C(=O)O)C(=O)[C@@H](N)CCC(=O)O)C(=O)O)c(F)c1. The van der Waals surface area contributed by atoms with Crippen LogP contribution in [0.3, 0.4) is 0 Å². The highest BCUT2D eigenvalue weighted by Gasteiger charge is 2.38. The van der Waals surface area contributed by atoms with Gasteiger partial charge in [-0.1, -0.05) is 5.92 Å². The van der Waals surface area contributed by atoms with Crippen LogP contribution < -0.4 is 16.2 Å². The molecule has 14 nitrogen and oxygen atoms in total. The number of carboxylic acid groups (broad SMARTS) is 3. The number of fused-ring (bicyclic) bond motifs is 1. The maximum Gasteiger partial charge on any atom is 0.326 e. The number of Topliss-reactive ketones (excluding diaryl/α,β-unsaturated/α-hetero) is 1. The lowest BCUT2D eigenvalue weighted by Crippen LogP contribution is -2.48. The van der Waals surface area contributed by atoms with Gasteiger partial charge in [0.05, 0.1) is 29.1 Å². The Kier molecular flexibility index (Phi) is 11.5. The van der Waals surface area contributed by atoms with Crippen molar-refractivity contribution >= 4 is 46.2 Å². The van der Waals surface area contributed by atoms with E-state index in [0.717, 1.165) is 24.7 Å². The maximum absolute atomic E-state index is 15.5. The summed E-state index contributed by atoms with van der Waals surface area (Å²) in [6.07, 6.45) is 3.77. The number of hydrogen-bond acceptors (Lipinski definition) is 9. The van der Waals surface area contributed by atoms with Crippen LogP contribution in [0, 0.1) is 37.9 Å². The van der Waals surface area contributed by atoms with Crippen LogP contribution in [0.5, 0.6) is 0 Å². The van der Waals surface area contributed by atoms with Crippen LogP contribution >= 0.6 is 0 Å². The first-order valence-electron chi connectivity index (χ1n) is 14.3. The number of halogens is 1. The van der Waals surface area contributed by atoms with Gasteiger partial charge < -0.3 is 35.8 Å². The van der Waals surface area contributed by atoms with Crippen molar-refractivity contribution < 1.29 is 43.7 Å². The summed E-state index contributed by atoms with van der Waals surface area (Å²) in [5, 5.41) is 28.6. The molecule has 1 heterocycles. The molecule has 0 bridgehead atoms. The van der Waals surface area contributed by atoms with Crippen molar-refractivity contribution in [2.24, 2.45) is 11.7 Å². The highest BCUT2D eigenvalue weighted by Crippen LogP contribution is 2.25. The van der Waals surface area contributed by atoms with E-state index < -0.39 is 71.8 Å². The first-order valence-corrected chi connectivity index (χ1v) is 14.3. The van der Waals surface area contributed by atoms with Gasteiger partial charge in [-0.05, 0) is 68.1 Å². The molecule has 0 saturated carbocycles. The minimum atomic E-state index is -1.98. The highest BCUT2D eigenvalue weighted by atomic mass is 19.1. The van der Waals surface area contributed by atoms with E-state index in [-0.39, 0.29) is 30.8 Å². The Hall–Kier alpha value is -5.62. The first-order chi connectivity index (χ1) is 22.0. The second-order valence-electron chi connectivity index (χ2n) is 11.0. The van der Waals surface area contributed by atoms with Crippen LogP contribution in [0.2, 0.25) is 0 Å². The molecule has 3 rings (SSSR count). The first kappa shape index (κ1) is 35.9. The number of carbonyl (C=O) groups excluding carboxylic acids is 2. The number of likely N-dealkylation sites (N-methyl/N-ethyl adjacent to an activating group) is 1. The Morgan fingerprint density at radius 1 is 1.09 bits per heavy atom. The second-order valence-corrected chi connectivity index (χ2v) is 11.0. The number of aromatic nitrogens is 2. The molecule has 6 N–H and O–H groups in total. The van der Waals surface area contributed by atoms with Crippen LogP contribution in [0.1, 0.15) is 46.6 Å². The predicted octanol–water partition coefficient (Wildman–Crippen LogP) is 1.70. The van der Waals surface area contributed by atoms with Crippen molar-refractivity contribution in [1.29, 1.82) is 0 Å². The second kappa shape index (κ2) is 15.1. The van der Waals surface area contributed by atoms with Gasteiger partial charge in [-0.25, -0.2) is 14.2 Å². The third kappa shape index (κ3) is 8.56. The number of terminal acetylenes is 1. The summed E-state index contributed by atoms with van der Waals surface area (Å²) in [5.74, 6) is -6.91. The number of rotatable bonds is 15. The molecule has 0 radical (unpaired) electrons. The maximum atomic E-state index is 15.5. The summed E-state index contributed by atoms with van der Waals surface area (Å²) in [5.41, 5.74) is 7.10. The zero-order valence-electron chi connectivity index (χ0n) is 25.8. The largest absolute Gasteiger partial charge is 0.481 e. The quantitative estimate of drug-likeness (QED) is 0.117. The molecule has 47 heavy (non-hydrogen) atoms. The zero-order chi connectivity index (χ0) is 35.2. The molecule has 3 atom stereocenters. The molecule has 0 spiro atoms. The van der Waals surface area contributed by atoms with Gasteiger partial charge in [-0.3, -0.25) is 24.0 Å². The lowest BCUT2D eigenvalue weighted by Gasteiger charge is -2.28. The van der Waals surface area contributed by atoms with E-state index in [4.69, 9.17) is 17.3 Å². The molecule has 0 fully saturated rings. The summed E-state index contributed by atoms with van der Waals surface area (Å²) < 4.78 is 15.5. The Bertz CT molecular complexity index is 1830. The number of ketones is 1. The summed E-state index contributed by atoms with van der Waals surface area (Å²) in [7, 11) is 1.02. The fourth-order valence-corrected chi connectivity index (χ4v) is 5.05. The lowest BCUT2D eigenvalue weighted by atomic mass is 9.89. The minimum Gasteiger partial charge on any atom is -0.481 e. The third-order valence-corrected chi connectivity index (χ3v) is 7.68. The van der Waals surface area contributed by atoms with E-state index in [1.54, 1.807) is 24.0 Å². The van der Waals surface area contributed by atoms with E-state index in [2.05, 4.69) is 15.9 Å². The van der Waals surface area contributed by atoms with Crippen molar-refractivity contribution in [2.75, 3.05) is 18.5 Å². The minimum absolute atomic E-state index is 0.0207. The number of nitrogens with zero attached hydrogens (tertiary/aromatic N) is 3. The number of nitrogens with two attached hydrogens (primary N) is 1. The van der Waals surface area contributed by atoms with Gasteiger partial charge in [0.15, 0.2) is 5.78 Å². The molecular formula is C32H34FN5O9. The number of hydrogen-bond donors (Lipinski definition) is 5. The van der Waals surface area contributed by atoms with E-state index in [9.17, 15) is 39.0 Å². The summed E-state index contributed by atoms with van der Waals surface area (Å²) >= 11 is 0. The molecule has 1 unspecified atom stereocenters. The Labute approximate surface area is 268 Å². The molecular weight excluding hydrogens is 617 g/mol. The number of anilines is 1. The van der Waals surface area contributed by atoms with Gasteiger partial charge in [0.2, 0.25) is 0 Å². The molecule has 1 amide bonds. The number of aryl methyl sites for hydroxylation is 2. The molecule has 2 aromatic carbocycles. The summed E-state index contributed by atoms with van der Waals surface area (Å²) in [4.78, 5) is 82.5. The van der Waals surface area contributed by atoms with Crippen molar-refractivity contribution in [3.63, 3.8) is 0 Å². The van der Waals surface area contributed by atoms with Crippen LogP contribution in [-0.2, 0) is 25.7 Å². The molecule has 248 valence electrons. The van der Waals surface area contributed by atoms with Gasteiger partial charge in [0, 0.05) is 25.7 Å². The Balaban J connectivity index is 1.87. The Morgan fingerprint density at radius 3 is 2.34 bits per heavy atom. The fourth-order valence-electron chi connectivity index (χ4n) is 5.05. The van der Waals surface area contributed by atoms with Crippen molar-refractivity contribution in [1.82, 2.24) is 14.9 Å². The average Bonchev–Trinajstić information content (AvgIpc) is 2.99. The molecule has 3 aromatic rings. The van der Waals surface area contributed by atoms with E-state index in [0.29, 0.717) is 27.2 Å². The lowest BCUT2D eigenvalue weighted by molar-refractivity contribution is -0.149. The van der Waals surface area contributed by atoms with E-state index in [1.165, 1.54) is 6.07 Å². The van der Waals surface area contributed by atoms with Crippen molar-refractivity contribution in [3.8, 4) is 12.3 Å². The van der Waals surface area contributed by atoms with Gasteiger partial charge >= 0.3 is 17.9 Å². The van der Waals surface area contributed by atoms with Crippen molar-refractivity contribution in [3.05, 3.63) is 69.0 Å². The van der Waals surface area contributed by atoms with Gasteiger partial charge in [0.25, 0.3) is 11.5 Å². The highest BCUT2D eigenvalue weighted by molar-refractivity contribution is 6.02. The van der Waals surface area contributed by atoms with Crippen molar-refractivity contribution in [2.45, 2.75) is 51.7 Å². The van der Waals surface area contributed by atoms with Crippen LogP contribution in [0.4, 0.5) is 10.1 Å². The number of H-pyrrole nitrogens is 1. The number of aromatic amines is 1. The monoisotopic (exact) mass is 651 g/mol. The van der Waals surface area contributed by atoms with Gasteiger partial charge in [-0.15, -0.1) is 6.42 Å². The summed E-state index contributed by atoms with van der Waals surface area (Å²) in [6.45, 7) is 3.67. The topological polar surface area (TPSA) is 224 Å². The van der Waals surface area contributed by atoms with E-state index in [1.807, 2.05) is 6.92 Å². The average molecular weight is 652 g/mol. The molecule has 0 aliphatic carbocycles. The predicted molar refractivity (Wildman–Crippen MR) is 167 cm³/mol. The number of carboxylic acids is 3. The zero-order valence-corrected chi connectivity index (χ0v) is 25.8. The number of carbonyl (C=O) groups is 5. The van der Waals surface area contributed by atoms with Crippen LogP contribution in [0.25, 0.3) is 10.9 Å². The number of nitrogens with one attached hydrogen (secondary N) is 1. The smallest absolute Gasteiger partial charge is 0.326 e. The number of benzene rings is 2. The molecule has 15 heteroatoms. The molecule has 0 saturated heterocycles. The number of amides is 1. The van der Waals surface area contributed by atoms with Gasteiger partial charge in [-0.2, -0.15) is 0 Å². The fraction of sp³-hybridized carbons (Fsp3) is 0.344. The van der Waals surface area contributed by atoms with Gasteiger partial charge in [0.1, 0.15) is 23.6 Å². The van der Waals surface area contributed by atoms with Crippen LogP contribution in [-0.4, -0.2) is 85.5 Å². The van der Waals surface area contributed by atoms with Crippen LogP contribution in [0.15, 0.2) is 35.1 Å². The standard InChI is InChI=1S/C32H34FN5O9/c1-5-10-38(15-18-12-21-25(11-16(18)2)35-17(3)36-29(21)42)19-6-7-20(23(33)13-19)30(43)37(4)26(32(46)47)14-22(31(44)45)28(41)24(34)8-9-27(39)40/h1,6-7,11-13,22,24,26H,8-10,14-15,34H2,2-4H3,(H,39,40)(H,44,45)(H,46,47)(H,35,36,42)/t22?,24-,26-/m0/s1. The molecule has 0 aliphatic heterocycles.